The van der Waals surface area contributed by atoms with Gasteiger partial charge < -0.3 is 0 Å². The van der Waals surface area contributed by atoms with E-state index in [0.717, 1.165) is 25.7 Å². The molecule has 1 atom stereocenters. The summed E-state index contributed by atoms with van der Waals surface area (Å²) in [6, 6.07) is 2.30. The highest BCUT2D eigenvalue weighted by Gasteiger charge is 2.40. The Hall–Kier alpha value is -1.00. The molecule has 1 aliphatic carbocycles. The minimum absolute atomic E-state index is 0.0851. The zero-order chi connectivity index (χ0) is 13.3. The van der Waals surface area contributed by atoms with E-state index in [4.69, 9.17) is 5.84 Å². The Labute approximate surface area is 107 Å². The molecule has 0 radical (unpaired) electrons. The number of nitrogens with two attached hydrogens (primary N) is 1. The summed E-state index contributed by atoms with van der Waals surface area (Å²) in [6.45, 7) is 3.69. The van der Waals surface area contributed by atoms with E-state index >= 15 is 0 Å². The van der Waals surface area contributed by atoms with Crippen molar-refractivity contribution >= 4 is 0 Å². The van der Waals surface area contributed by atoms with Gasteiger partial charge in [0.25, 0.3) is 0 Å². The molecule has 0 spiro atoms. The molecule has 18 heavy (non-hydrogen) atoms. The molecule has 0 amide bonds. The molecule has 1 aromatic carbocycles. The molecule has 0 saturated heterocycles. The number of benzene rings is 1. The van der Waals surface area contributed by atoms with E-state index in [-0.39, 0.29) is 11.0 Å². The molecule has 1 aliphatic rings. The molecular weight excluding hydrogens is 234 g/mol. The van der Waals surface area contributed by atoms with Crippen molar-refractivity contribution in [1.82, 2.24) is 5.43 Å². The van der Waals surface area contributed by atoms with Gasteiger partial charge in [-0.2, -0.15) is 0 Å². The minimum Gasteiger partial charge on any atom is -0.271 e. The average molecular weight is 254 g/mol. The Balaban J connectivity index is 2.48. The van der Waals surface area contributed by atoms with Gasteiger partial charge in [0.1, 0.15) is 11.6 Å². The smallest absolute Gasteiger partial charge is 0.133 e. The minimum atomic E-state index is -0.519. The van der Waals surface area contributed by atoms with E-state index in [0.29, 0.717) is 5.56 Å². The van der Waals surface area contributed by atoms with Gasteiger partial charge in [-0.25, -0.2) is 8.78 Å². The molecule has 1 saturated carbocycles. The summed E-state index contributed by atoms with van der Waals surface area (Å²) >= 11 is 0. The van der Waals surface area contributed by atoms with Crippen molar-refractivity contribution in [2.75, 3.05) is 0 Å². The molecule has 0 aromatic heterocycles. The lowest BCUT2D eigenvalue weighted by atomic mass is 9.77. The first-order valence-corrected chi connectivity index (χ1v) is 6.40. The Morgan fingerprint density at radius 3 is 2.44 bits per heavy atom. The van der Waals surface area contributed by atoms with Crippen LogP contribution in [0.1, 0.15) is 49.8 Å². The van der Waals surface area contributed by atoms with Crippen LogP contribution in [0, 0.1) is 24.0 Å². The molecule has 1 fully saturated rings. The van der Waals surface area contributed by atoms with Crippen molar-refractivity contribution in [3.63, 3.8) is 0 Å². The Morgan fingerprint density at radius 2 is 1.89 bits per heavy atom. The summed E-state index contributed by atoms with van der Waals surface area (Å²) in [5.41, 5.74) is 2.99. The first-order chi connectivity index (χ1) is 8.49. The fraction of sp³-hybridized carbons (Fsp3) is 0.571. The summed E-state index contributed by atoms with van der Waals surface area (Å²) in [5.74, 6) is 4.57. The maximum atomic E-state index is 14.2. The van der Waals surface area contributed by atoms with Crippen LogP contribution in [0.15, 0.2) is 12.1 Å². The number of hydrazine groups is 1. The lowest BCUT2D eigenvalue weighted by Gasteiger charge is -2.34. The van der Waals surface area contributed by atoms with Gasteiger partial charge in [-0.3, -0.25) is 11.3 Å². The van der Waals surface area contributed by atoms with E-state index in [2.05, 4.69) is 5.43 Å². The third-order valence-electron chi connectivity index (χ3n) is 4.22. The Bertz CT molecular complexity index is 440. The number of aryl methyl sites for hydroxylation is 1. The van der Waals surface area contributed by atoms with Gasteiger partial charge in [0.15, 0.2) is 0 Å². The largest absolute Gasteiger partial charge is 0.271 e. The highest BCUT2D eigenvalue weighted by atomic mass is 19.1. The molecule has 1 aromatic rings. The lowest BCUT2D eigenvalue weighted by molar-refractivity contribution is 0.214. The molecule has 0 aliphatic heterocycles. The molecule has 0 bridgehead atoms. The Morgan fingerprint density at radius 1 is 1.28 bits per heavy atom. The molecule has 1 unspecified atom stereocenters. The van der Waals surface area contributed by atoms with Crippen LogP contribution in [0.2, 0.25) is 0 Å². The fourth-order valence-electron chi connectivity index (χ4n) is 3.05. The van der Waals surface area contributed by atoms with Gasteiger partial charge in [-0.05, 0) is 36.8 Å². The quantitative estimate of drug-likeness (QED) is 0.641. The van der Waals surface area contributed by atoms with Gasteiger partial charge in [0.05, 0.1) is 6.04 Å². The molecular formula is C14H20F2N2. The predicted molar refractivity (Wildman–Crippen MR) is 67.7 cm³/mol. The van der Waals surface area contributed by atoms with E-state index in [1.54, 1.807) is 6.92 Å². The van der Waals surface area contributed by atoms with Crippen LogP contribution in [-0.4, -0.2) is 0 Å². The summed E-state index contributed by atoms with van der Waals surface area (Å²) in [6.07, 6.45) is 4.05. The van der Waals surface area contributed by atoms with E-state index in [1.807, 2.05) is 6.92 Å². The van der Waals surface area contributed by atoms with Crippen LogP contribution < -0.4 is 11.3 Å². The van der Waals surface area contributed by atoms with Crippen LogP contribution in [0.4, 0.5) is 8.78 Å². The second kappa shape index (κ2) is 4.94. The predicted octanol–water partition coefficient (Wildman–Crippen LogP) is 3.36. The molecule has 0 heterocycles. The molecule has 4 heteroatoms. The van der Waals surface area contributed by atoms with Crippen molar-refractivity contribution in [3.05, 3.63) is 34.9 Å². The molecule has 3 N–H and O–H groups in total. The molecule has 2 rings (SSSR count). The van der Waals surface area contributed by atoms with Gasteiger partial charge in [0, 0.05) is 5.56 Å². The standard InChI is InChI=1S/C14H20F2N2/c1-9-5-6-10(15)11(12(9)16)13(18-17)14(2)7-3-4-8-14/h5-6,13,18H,3-4,7-8,17H2,1-2H3. The van der Waals surface area contributed by atoms with Crippen molar-refractivity contribution in [3.8, 4) is 0 Å². The summed E-state index contributed by atoms with van der Waals surface area (Å²) < 4.78 is 28.1. The summed E-state index contributed by atoms with van der Waals surface area (Å²) in [7, 11) is 0. The first kappa shape index (κ1) is 13.4. The summed E-state index contributed by atoms with van der Waals surface area (Å²) in [5, 5.41) is 0. The normalized spacial score (nSPS) is 20.1. The molecule has 100 valence electrons. The van der Waals surface area contributed by atoms with Gasteiger partial charge in [-0.15, -0.1) is 0 Å². The van der Waals surface area contributed by atoms with Crippen molar-refractivity contribution < 1.29 is 8.78 Å². The number of rotatable bonds is 3. The van der Waals surface area contributed by atoms with E-state index in [9.17, 15) is 8.78 Å². The second-order valence-corrected chi connectivity index (χ2v) is 5.55. The maximum Gasteiger partial charge on any atom is 0.133 e. The highest BCUT2D eigenvalue weighted by Crippen LogP contribution is 2.48. The van der Waals surface area contributed by atoms with Gasteiger partial charge in [0.2, 0.25) is 0 Å². The van der Waals surface area contributed by atoms with Crippen LogP contribution in [-0.2, 0) is 0 Å². The maximum absolute atomic E-state index is 14.2. The average Bonchev–Trinajstić information content (AvgIpc) is 2.77. The molecule has 2 nitrogen and oxygen atoms in total. The number of hydrogen-bond acceptors (Lipinski definition) is 2. The topological polar surface area (TPSA) is 38.0 Å². The van der Waals surface area contributed by atoms with Crippen LogP contribution in [0.5, 0.6) is 0 Å². The van der Waals surface area contributed by atoms with Crippen molar-refractivity contribution in [2.45, 2.75) is 45.6 Å². The Kier molecular flexibility index (Phi) is 3.69. The zero-order valence-corrected chi connectivity index (χ0v) is 10.9. The number of halogens is 2. The van der Waals surface area contributed by atoms with Gasteiger partial charge >= 0.3 is 0 Å². The second-order valence-electron chi connectivity index (χ2n) is 5.55. The summed E-state index contributed by atoms with van der Waals surface area (Å²) in [4.78, 5) is 0. The van der Waals surface area contributed by atoms with Gasteiger partial charge in [-0.1, -0.05) is 25.8 Å². The van der Waals surface area contributed by atoms with E-state index < -0.39 is 17.7 Å². The van der Waals surface area contributed by atoms with Crippen LogP contribution in [0.25, 0.3) is 0 Å². The third kappa shape index (κ3) is 2.15. The van der Waals surface area contributed by atoms with Crippen molar-refractivity contribution in [1.29, 1.82) is 0 Å². The lowest BCUT2D eigenvalue weighted by Crippen LogP contribution is -2.39. The van der Waals surface area contributed by atoms with Crippen molar-refractivity contribution in [2.24, 2.45) is 11.3 Å². The van der Waals surface area contributed by atoms with Crippen LogP contribution in [0.3, 0.4) is 0 Å². The highest BCUT2D eigenvalue weighted by molar-refractivity contribution is 5.30. The number of hydrogen-bond donors (Lipinski definition) is 2. The number of nitrogens with one attached hydrogen (secondary N) is 1. The monoisotopic (exact) mass is 254 g/mol. The fourth-order valence-corrected chi connectivity index (χ4v) is 3.05. The van der Waals surface area contributed by atoms with E-state index in [1.165, 1.54) is 12.1 Å². The zero-order valence-electron chi connectivity index (χ0n) is 10.9. The first-order valence-electron chi connectivity index (χ1n) is 6.40. The SMILES string of the molecule is Cc1ccc(F)c(C(NN)C2(C)CCCC2)c1F. The third-order valence-corrected chi connectivity index (χ3v) is 4.22. The van der Waals surface area contributed by atoms with Crippen LogP contribution >= 0.6 is 0 Å².